The SMILES string of the molecule is BC1(B)CCC(c2nc(NC3CC(F)(F)C3)nc(N[C@@H](C)C(F)(F)F)n2)=C(F)[C@@]1(B)O. The summed E-state index contributed by atoms with van der Waals surface area (Å²) in [4.78, 5) is 11.8. The van der Waals surface area contributed by atoms with E-state index in [2.05, 4.69) is 25.6 Å². The van der Waals surface area contributed by atoms with Crippen molar-refractivity contribution in [2.75, 3.05) is 10.6 Å². The van der Waals surface area contributed by atoms with E-state index in [0.29, 0.717) is 6.42 Å². The van der Waals surface area contributed by atoms with Crippen LogP contribution in [0.1, 0.15) is 38.4 Å². The van der Waals surface area contributed by atoms with Crippen molar-refractivity contribution in [1.29, 1.82) is 0 Å². The highest BCUT2D eigenvalue weighted by atomic mass is 19.4. The summed E-state index contributed by atoms with van der Waals surface area (Å²) in [6.45, 7) is 0.858. The summed E-state index contributed by atoms with van der Waals surface area (Å²) in [5, 5.41) is 14.6. The molecule has 1 saturated carbocycles. The van der Waals surface area contributed by atoms with E-state index in [1.807, 2.05) is 0 Å². The smallest absolute Gasteiger partial charge is 0.393 e. The fourth-order valence-corrected chi connectivity index (χ4v) is 3.45. The number of aliphatic hydroxyl groups is 1. The summed E-state index contributed by atoms with van der Waals surface area (Å²) < 4.78 is 80.3. The Bertz CT molecular complexity index is 887. The van der Waals surface area contributed by atoms with Crippen molar-refractivity contribution in [2.24, 2.45) is 0 Å². The molecule has 0 spiro atoms. The highest BCUT2D eigenvalue weighted by Crippen LogP contribution is 2.49. The van der Waals surface area contributed by atoms with Gasteiger partial charge in [-0.25, -0.2) is 13.2 Å². The number of anilines is 2. The molecule has 0 saturated heterocycles. The van der Waals surface area contributed by atoms with Crippen LogP contribution in [-0.2, 0) is 0 Å². The molecule has 0 aromatic carbocycles. The van der Waals surface area contributed by atoms with Crippen molar-refractivity contribution < 1.29 is 31.4 Å². The molecule has 168 valence electrons. The molecule has 0 bridgehead atoms. The molecular formula is C16H22B3F6N5O. The lowest BCUT2D eigenvalue weighted by Crippen LogP contribution is -2.48. The van der Waals surface area contributed by atoms with E-state index in [-0.39, 0.29) is 23.8 Å². The standard InChI is InChI=1S/C16H22B3F6N5O/c1-6(16(23,24)25)26-11-28-10(8-2-3-14(17,18)15(19,31)9(8)20)29-12(30-11)27-7-4-13(21,22)5-7/h6-7,31H,2-5,17-19H2,1H3,(H2,26,27,28,29,30)/t6-,15+/m0/s1. The molecule has 1 aromatic rings. The minimum atomic E-state index is -4.60. The van der Waals surface area contributed by atoms with Gasteiger partial charge in [-0.1, -0.05) is 11.6 Å². The minimum absolute atomic E-state index is 0.0589. The van der Waals surface area contributed by atoms with Gasteiger partial charge in [-0.15, -0.1) is 0 Å². The number of rotatable bonds is 5. The Labute approximate surface area is 177 Å². The predicted octanol–water partition coefficient (Wildman–Crippen LogP) is 0.622. The predicted molar refractivity (Wildman–Crippen MR) is 111 cm³/mol. The summed E-state index contributed by atoms with van der Waals surface area (Å²) in [6, 6.07) is -2.69. The summed E-state index contributed by atoms with van der Waals surface area (Å²) in [5.41, 5.74) is -1.90. The molecule has 1 fully saturated rings. The Morgan fingerprint density at radius 2 is 1.68 bits per heavy atom. The van der Waals surface area contributed by atoms with E-state index in [9.17, 15) is 27.1 Å². The van der Waals surface area contributed by atoms with Crippen LogP contribution in [0.3, 0.4) is 0 Å². The van der Waals surface area contributed by atoms with Crippen molar-refractivity contribution in [1.82, 2.24) is 15.0 Å². The summed E-state index contributed by atoms with van der Waals surface area (Å²) in [7, 11) is 4.69. The van der Waals surface area contributed by atoms with Crippen LogP contribution in [-0.4, -0.2) is 73.3 Å². The van der Waals surface area contributed by atoms with Crippen molar-refractivity contribution >= 4 is 41.0 Å². The summed E-state index contributed by atoms with van der Waals surface area (Å²) in [5.74, 6) is -4.69. The number of hydrogen-bond acceptors (Lipinski definition) is 6. The van der Waals surface area contributed by atoms with Gasteiger partial charge in [-0.05, 0) is 13.3 Å². The number of nitrogens with zero attached hydrogens (tertiary/aromatic N) is 3. The Balaban J connectivity index is 1.99. The van der Waals surface area contributed by atoms with Crippen LogP contribution in [0.5, 0.6) is 0 Å². The quantitative estimate of drug-likeness (QED) is 0.454. The fourth-order valence-electron chi connectivity index (χ4n) is 3.45. The number of allylic oxidation sites excluding steroid dienone is 1. The van der Waals surface area contributed by atoms with Gasteiger partial charge in [0.25, 0.3) is 5.92 Å². The second-order valence-corrected chi connectivity index (χ2v) is 9.07. The molecule has 31 heavy (non-hydrogen) atoms. The third kappa shape index (κ3) is 4.80. The fraction of sp³-hybridized carbons (Fsp3) is 0.688. The van der Waals surface area contributed by atoms with Crippen LogP contribution >= 0.6 is 0 Å². The molecular weight excluding hydrogens is 425 g/mol. The number of alkyl halides is 5. The van der Waals surface area contributed by atoms with Crippen LogP contribution < -0.4 is 10.6 Å². The first-order valence-corrected chi connectivity index (χ1v) is 9.87. The topological polar surface area (TPSA) is 83.0 Å². The molecule has 6 nitrogen and oxygen atoms in total. The molecule has 2 aliphatic rings. The molecule has 0 aliphatic heterocycles. The normalized spacial score (nSPS) is 26.8. The lowest BCUT2D eigenvalue weighted by Gasteiger charge is -2.44. The summed E-state index contributed by atoms with van der Waals surface area (Å²) in [6.07, 6.45) is -5.05. The Morgan fingerprint density at radius 1 is 1.10 bits per heavy atom. The van der Waals surface area contributed by atoms with Gasteiger partial charge >= 0.3 is 6.18 Å². The van der Waals surface area contributed by atoms with Crippen LogP contribution in [0.4, 0.5) is 38.2 Å². The first-order chi connectivity index (χ1) is 14.0. The zero-order valence-corrected chi connectivity index (χ0v) is 17.5. The van der Waals surface area contributed by atoms with Crippen LogP contribution in [0.2, 0.25) is 5.21 Å². The molecule has 1 heterocycles. The lowest BCUT2D eigenvalue weighted by atomic mass is 9.37. The van der Waals surface area contributed by atoms with E-state index in [1.165, 1.54) is 7.85 Å². The van der Waals surface area contributed by atoms with Gasteiger partial charge in [0.15, 0.2) is 13.7 Å². The average molecular weight is 447 g/mol. The maximum atomic E-state index is 15.2. The van der Waals surface area contributed by atoms with E-state index in [4.69, 9.17) is 0 Å². The molecule has 2 aliphatic carbocycles. The van der Waals surface area contributed by atoms with E-state index in [0.717, 1.165) is 6.92 Å². The van der Waals surface area contributed by atoms with Crippen molar-refractivity contribution in [2.45, 2.75) is 67.5 Å². The van der Waals surface area contributed by atoms with Gasteiger partial charge in [0, 0.05) is 24.5 Å². The van der Waals surface area contributed by atoms with Gasteiger partial charge in [0.05, 0.1) is 5.50 Å². The van der Waals surface area contributed by atoms with Crippen molar-refractivity contribution in [3.8, 4) is 0 Å². The molecule has 2 atom stereocenters. The Kier molecular flexibility index (Phi) is 5.82. The van der Waals surface area contributed by atoms with E-state index >= 15 is 4.39 Å². The molecule has 0 radical (unpaired) electrons. The van der Waals surface area contributed by atoms with Gasteiger partial charge in [-0.3, -0.25) is 0 Å². The number of nitrogens with one attached hydrogen (secondary N) is 2. The maximum Gasteiger partial charge on any atom is 0.408 e. The van der Waals surface area contributed by atoms with Gasteiger partial charge in [-0.2, -0.15) is 28.1 Å². The highest BCUT2D eigenvalue weighted by molar-refractivity contribution is 6.45. The molecule has 15 heteroatoms. The van der Waals surface area contributed by atoms with Gasteiger partial charge in [0.1, 0.15) is 27.6 Å². The number of aromatic nitrogens is 3. The maximum absolute atomic E-state index is 15.2. The largest absolute Gasteiger partial charge is 0.408 e. The molecule has 1 aromatic heterocycles. The Morgan fingerprint density at radius 3 is 2.23 bits per heavy atom. The molecule has 3 N–H and O–H groups in total. The molecule has 0 amide bonds. The average Bonchev–Trinajstić information content (AvgIpc) is 2.57. The van der Waals surface area contributed by atoms with Gasteiger partial charge < -0.3 is 15.7 Å². The zero-order chi connectivity index (χ0) is 23.4. The molecule has 3 rings (SSSR count). The van der Waals surface area contributed by atoms with Crippen LogP contribution in [0.15, 0.2) is 5.83 Å². The van der Waals surface area contributed by atoms with Crippen LogP contribution in [0, 0.1) is 0 Å². The number of halogens is 6. The van der Waals surface area contributed by atoms with E-state index in [1.54, 1.807) is 15.7 Å². The second-order valence-electron chi connectivity index (χ2n) is 9.07. The minimum Gasteiger partial charge on any atom is -0.393 e. The highest BCUT2D eigenvalue weighted by Gasteiger charge is 2.48. The zero-order valence-electron chi connectivity index (χ0n) is 17.5. The second kappa shape index (κ2) is 7.59. The van der Waals surface area contributed by atoms with Crippen LogP contribution in [0.25, 0.3) is 5.57 Å². The lowest BCUT2D eigenvalue weighted by molar-refractivity contribution is -0.138. The number of hydrogen-bond donors (Lipinski definition) is 3. The third-order valence-corrected chi connectivity index (χ3v) is 6.18. The van der Waals surface area contributed by atoms with Gasteiger partial charge in [0.2, 0.25) is 11.9 Å². The first-order valence-electron chi connectivity index (χ1n) is 9.87. The van der Waals surface area contributed by atoms with Crippen molar-refractivity contribution in [3.63, 3.8) is 0 Å². The monoisotopic (exact) mass is 447 g/mol. The Hall–Kier alpha value is -1.92. The summed E-state index contributed by atoms with van der Waals surface area (Å²) >= 11 is 0. The van der Waals surface area contributed by atoms with Crippen molar-refractivity contribution in [3.05, 3.63) is 11.7 Å². The first kappa shape index (κ1) is 23.7. The third-order valence-electron chi connectivity index (χ3n) is 6.18. The molecule has 0 unspecified atom stereocenters. The van der Waals surface area contributed by atoms with E-state index < -0.39 is 59.5 Å².